The maximum atomic E-state index is 13.6. The number of benzene rings is 3. The summed E-state index contributed by atoms with van der Waals surface area (Å²) in [6, 6.07) is 14.7. The average Bonchev–Trinajstić information content (AvgIpc) is 2.75. The molecule has 2 N–H and O–H groups in total. The highest BCUT2D eigenvalue weighted by Crippen LogP contribution is 2.42. The monoisotopic (exact) mass is 453 g/mol. The molecule has 0 fully saturated rings. The number of nitrogens with one attached hydrogen (secondary N) is 1. The zero-order valence-corrected chi connectivity index (χ0v) is 19.6. The van der Waals surface area contributed by atoms with Crippen LogP contribution in [0.4, 0.5) is 5.69 Å². The molecule has 0 heterocycles. The predicted molar refractivity (Wildman–Crippen MR) is 125 cm³/mol. The molecule has 0 radical (unpaired) electrons. The van der Waals surface area contributed by atoms with E-state index in [1.165, 1.54) is 19.2 Å². The summed E-state index contributed by atoms with van der Waals surface area (Å²) in [6.07, 6.45) is 0. The number of carbonyl (C=O) groups is 1. The molecular weight excluding hydrogens is 426 g/mol. The third-order valence-electron chi connectivity index (χ3n) is 5.26. The number of methoxy groups -OCH3 is 1. The number of amides is 1. The van der Waals surface area contributed by atoms with Gasteiger partial charge in [0.2, 0.25) is 9.84 Å². The SMILES string of the molecule is COc1ccc(S(=O)(=O)c2c(O)c(C)cc(NC(=O)c3ccc(C)cc3)c2C(C)C)cc1. The largest absolute Gasteiger partial charge is 0.506 e. The number of hydrogen-bond donors (Lipinski definition) is 2. The third kappa shape index (κ3) is 4.48. The average molecular weight is 454 g/mol. The van der Waals surface area contributed by atoms with Gasteiger partial charge in [-0.05, 0) is 67.8 Å². The quantitative estimate of drug-likeness (QED) is 0.499. The molecule has 168 valence electrons. The van der Waals surface area contributed by atoms with Gasteiger partial charge in [0.25, 0.3) is 5.91 Å². The summed E-state index contributed by atoms with van der Waals surface area (Å²) in [5, 5.41) is 13.7. The van der Waals surface area contributed by atoms with Crippen LogP contribution in [-0.4, -0.2) is 26.5 Å². The molecule has 3 rings (SSSR count). The summed E-state index contributed by atoms with van der Waals surface area (Å²) in [6.45, 7) is 7.17. The van der Waals surface area contributed by atoms with Crippen LogP contribution >= 0.6 is 0 Å². The van der Waals surface area contributed by atoms with Crippen LogP contribution in [0.5, 0.6) is 11.5 Å². The number of carbonyl (C=O) groups excluding carboxylic acids is 1. The van der Waals surface area contributed by atoms with Gasteiger partial charge < -0.3 is 15.2 Å². The van der Waals surface area contributed by atoms with Crippen LogP contribution in [0.2, 0.25) is 0 Å². The minimum Gasteiger partial charge on any atom is -0.506 e. The molecular formula is C25H27NO5S. The van der Waals surface area contributed by atoms with Crippen LogP contribution in [0.15, 0.2) is 64.4 Å². The van der Waals surface area contributed by atoms with Gasteiger partial charge in [-0.1, -0.05) is 31.5 Å². The molecule has 0 bridgehead atoms. The van der Waals surface area contributed by atoms with Crippen molar-refractivity contribution in [1.29, 1.82) is 0 Å². The standard InChI is InChI=1S/C25H27NO5S/c1-15(2)22-21(26-25(28)18-8-6-16(3)7-9-18)14-17(4)23(27)24(22)32(29,30)20-12-10-19(31-5)11-13-20/h6-15,27H,1-5H3,(H,26,28). The highest BCUT2D eigenvalue weighted by Gasteiger charge is 2.30. The summed E-state index contributed by atoms with van der Waals surface area (Å²) in [5.74, 6) is -0.451. The number of rotatable bonds is 6. The Kier molecular flexibility index (Phi) is 6.60. The summed E-state index contributed by atoms with van der Waals surface area (Å²) in [5.41, 5.74) is 2.53. The molecule has 0 spiro atoms. The Morgan fingerprint density at radius 1 is 1.00 bits per heavy atom. The van der Waals surface area contributed by atoms with Crippen LogP contribution in [-0.2, 0) is 9.84 Å². The second-order valence-corrected chi connectivity index (χ2v) is 9.87. The van der Waals surface area contributed by atoms with Gasteiger partial charge in [0, 0.05) is 16.8 Å². The Morgan fingerprint density at radius 2 is 1.59 bits per heavy atom. The van der Waals surface area contributed by atoms with E-state index < -0.39 is 9.84 Å². The van der Waals surface area contributed by atoms with Crippen LogP contribution < -0.4 is 10.1 Å². The van der Waals surface area contributed by atoms with Gasteiger partial charge >= 0.3 is 0 Å². The van der Waals surface area contributed by atoms with Crippen molar-refractivity contribution in [1.82, 2.24) is 0 Å². The van der Waals surface area contributed by atoms with Crippen molar-refractivity contribution in [2.45, 2.75) is 43.4 Å². The van der Waals surface area contributed by atoms with Gasteiger partial charge in [-0.15, -0.1) is 0 Å². The lowest BCUT2D eigenvalue weighted by atomic mass is 9.98. The summed E-state index contributed by atoms with van der Waals surface area (Å²) in [7, 11) is -2.58. The Labute approximate surface area is 188 Å². The van der Waals surface area contributed by atoms with Crippen molar-refractivity contribution in [2.75, 3.05) is 12.4 Å². The molecule has 7 heteroatoms. The van der Waals surface area contributed by atoms with Gasteiger partial charge in [0.05, 0.1) is 12.0 Å². The van der Waals surface area contributed by atoms with E-state index in [1.807, 2.05) is 32.9 Å². The van der Waals surface area contributed by atoms with Crippen molar-refractivity contribution in [3.63, 3.8) is 0 Å². The van der Waals surface area contributed by atoms with E-state index in [1.54, 1.807) is 37.3 Å². The minimum atomic E-state index is -4.08. The molecule has 6 nitrogen and oxygen atoms in total. The molecule has 0 unspecified atom stereocenters. The molecule has 0 atom stereocenters. The Morgan fingerprint density at radius 3 is 2.12 bits per heavy atom. The van der Waals surface area contributed by atoms with E-state index in [-0.39, 0.29) is 27.4 Å². The topological polar surface area (TPSA) is 92.7 Å². The van der Waals surface area contributed by atoms with Gasteiger partial charge in [0.1, 0.15) is 16.4 Å². The van der Waals surface area contributed by atoms with E-state index in [0.717, 1.165) is 5.56 Å². The Balaban J connectivity index is 2.16. The fourth-order valence-electron chi connectivity index (χ4n) is 3.51. The fourth-order valence-corrected chi connectivity index (χ4v) is 5.29. The molecule has 0 aliphatic rings. The van der Waals surface area contributed by atoms with Crippen molar-refractivity contribution >= 4 is 21.4 Å². The van der Waals surface area contributed by atoms with Crippen LogP contribution in [0, 0.1) is 13.8 Å². The molecule has 0 saturated carbocycles. The predicted octanol–water partition coefficient (Wildman–Crippen LogP) is 5.23. The number of phenols is 1. The molecule has 0 aliphatic carbocycles. The third-order valence-corrected chi connectivity index (χ3v) is 7.11. The molecule has 3 aromatic rings. The maximum absolute atomic E-state index is 13.6. The fraction of sp³-hybridized carbons (Fsp3) is 0.240. The van der Waals surface area contributed by atoms with Gasteiger partial charge in [-0.25, -0.2) is 8.42 Å². The Bertz CT molecular complexity index is 1240. The number of aromatic hydroxyl groups is 1. The summed E-state index contributed by atoms with van der Waals surface area (Å²) < 4.78 is 32.2. The first kappa shape index (κ1) is 23.3. The second-order valence-electron chi connectivity index (χ2n) is 7.99. The first-order valence-electron chi connectivity index (χ1n) is 10.2. The molecule has 32 heavy (non-hydrogen) atoms. The van der Waals surface area contributed by atoms with E-state index in [0.29, 0.717) is 28.1 Å². The van der Waals surface area contributed by atoms with Gasteiger partial charge in [0.15, 0.2) is 0 Å². The highest BCUT2D eigenvalue weighted by atomic mass is 32.2. The lowest BCUT2D eigenvalue weighted by Gasteiger charge is -2.21. The molecule has 1 amide bonds. The smallest absolute Gasteiger partial charge is 0.255 e. The van der Waals surface area contributed by atoms with E-state index in [9.17, 15) is 18.3 Å². The molecule has 0 aromatic heterocycles. The van der Waals surface area contributed by atoms with Crippen molar-refractivity contribution in [3.05, 3.63) is 76.9 Å². The number of sulfone groups is 1. The van der Waals surface area contributed by atoms with Crippen LogP contribution in [0.3, 0.4) is 0 Å². The lowest BCUT2D eigenvalue weighted by Crippen LogP contribution is -2.17. The van der Waals surface area contributed by atoms with Crippen molar-refractivity contribution in [3.8, 4) is 11.5 Å². The zero-order chi connectivity index (χ0) is 23.6. The number of hydrogen-bond acceptors (Lipinski definition) is 5. The van der Waals surface area contributed by atoms with Crippen molar-refractivity contribution in [2.24, 2.45) is 0 Å². The number of ether oxygens (including phenoxy) is 1. The first-order valence-corrected chi connectivity index (χ1v) is 11.7. The van der Waals surface area contributed by atoms with Crippen molar-refractivity contribution < 1.29 is 23.1 Å². The normalized spacial score (nSPS) is 11.4. The number of phenolic OH excluding ortho intramolecular Hbond substituents is 1. The first-order chi connectivity index (χ1) is 15.1. The van der Waals surface area contributed by atoms with E-state index >= 15 is 0 Å². The summed E-state index contributed by atoms with van der Waals surface area (Å²) >= 11 is 0. The second kappa shape index (κ2) is 9.04. The highest BCUT2D eigenvalue weighted by molar-refractivity contribution is 7.91. The number of anilines is 1. The van der Waals surface area contributed by atoms with Gasteiger partial charge in [-0.2, -0.15) is 0 Å². The van der Waals surface area contributed by atoms with E-state index in [4.69, 9.17) is 4.74 Å². The van der Waals surface area contributed by atoms with E-state index in [2.05, 4.69) is 5.32 Å². The molecule has 3 aromatic carbocycles. The van der Waals surface area contributed by atoms with Crippen LogP contribution in [0.1, 0.15) is 46.8 Å². The molecule has 0 aliphatic heterocycles. The summed E-state index contributed by atoms with van der Waals surface area (Å²) in [4.78, 5) is 12.7. The maximum Gasteiger partial charge on any atom is 0.255 e. The minimum absolute atomic E-state index is 0.0249. The molecule has 0 saturated heterocycles. The Hall–Kier alpha value is -3.32. The number of aryl methyl sites for hydroxylation is 2. The zero-order valence-electron chi connectivity index (χ0n) is 18.8. The lowest BCUT2D eigenvalue weighted by molar-refractivity contribution is 0.102. The van der Waals surface area contributed by atoms with Gasteiger partial charge in [-0.3, -0.25) is 4.79 Å². The van der Waals surface area contributed by atoms with Crippen LogP contribution in [0.25, 0.3) is 0 Å².